The molecule has 0 saturated carbocycles. The molecule has 0 saturated heterocycles. The Morgan fingerprint density at radius 1 is 1.15 bits per heavy atom. The second-order valence-corrected chi connectivity index (χ2v) is 5.18. The normalized spacial score (nSPS) is 12.3. The van der Waals surface area contributed by atoms with E-state index in [0.717, 1.165) is 19.3 Å². The van der Waals surface area contributed by atoms with Gasteiger partial charge in [-0.15, -0.1) is 0 Å². The lowest BCUT2D eigenvalue weighted by Gasteiger charge is -2.26. The summed E-state index contributed by atoms with van der Waals surface area (Å²) < 4.78 is 0. The molecular weight excluding hydrogens is 254 g/mol. The minimum Gasteiger partial charge on any atom is -0.354 e. The molecule has 2 amide bonds. The van der Waals surface area contributed by atoms with E-state index in [-0.39, 0.29) is 11.8 Å². The van der Waals surface area contributed by atoms with Crippen molar-refractivity contribution in [3.8, 4) is 6.07 Å². The van der Waals surface area contributed by atoms with Crippen LogP contribution in [-0.4, -0.2) is 24.4 Å². The van der Waals surface area contributed by atoms with Crippen LogP contribution in [0.15, 0.2) is 0 Å². The number of nitrogens with zero attached hydrogens (tertiary/aromatic N) is 1. The predicted molar refractivity (Wildman–Crippen MR) is 78.8 cm³/mol. The van der Waals surface area contributed by atoms with Crippen LogP contribution in [0.5, 0.6) is 0 Å². The first-order valence-corrected chi connectivity index (χ1v) is 7.47. The average Bonchev–Trinajstić information content (AvgIpc) is 2.43. The highest BCUT2D eigenvalue weighted by Gasteiger charge is 2.38. The van der Waals surface area contributed by atoms with Gasteiger partial charge in [0, 0.05) is 6.54 Å². The van der Waals surface area contributed by atoms with E-state index in [4.69, 9.17) is 0 Å². The summed E-state index contributed by atoms with van der Waals surface area (Å²) in [6.45, 7) is 8.10. The van der Waals surface area contributed by atoms with E-state index in [1.807, 2.05) is 20.8 Å². The van der Waals surface area contributed by atoms with Gasteiger partial charge in [0.1, 0.15) is 11.5 Å². The number of amides is 2. The first kappa shape index (κ1) is 18.4. The molecule has 0 aromatic heterocycles. The fourth-order valence-electron chi connectivity index (χ4n) is 2.17. The van der Waals surface area contributed by atoms with E-state index in [0.29, 0.717) is 19.4 Å². The summed E-state index contributed by atoms with van der Waals surface area (Å²) >= 11 is 0. The van der Waals surface area contributed by atoms with Crippen LogP contribution in [0, 0.1) is 16.7 Å². The maximum atomic E-state index is 12.4. The molecule has 0 spiro atoms. The zero-order valence-electron chi connectivity index (χ0n) is 13.1. The molecule has 0 aromatic carbocycles. The van der Waals surface area contributed by atoms with E-state index < -0.39 is 11.5 Å². The van der Waals surface area contributed by atoms with Crippen molar-refractivity contribution in [1.29, 1.82) is 5.26 Å². The molecule has 114 valence electrons. The van der Waals surface area contributed by atoms with Crippen LogP contribution < -0.4 is 10.6 Å². The molecule has 1 atom stereocenters. The molecule has 2 N–H and O–H groups in total. The number of hydrogen-bond acceptors (Lipinski definition) is 3. The third-order valence-corrected chi connectivity index (χ3v) is 3.29. The largest absolute Gasteiger partial charge is 0.354 e. The van der Waals surface area contributed by atoms with Crippen LogP contribution >= 0.6 is 0 Å². The fraction of sp³-hybridized carbons (Fsp3) is 0.800. The smallest absolute Gasteiger partial charge is 0.242 e. The molecule has 0 bridgehead atoms. The maximum absolute atomic E-state index is 12.4. The lowest BCUT2D eigenvalue weighted by molar-refractivity contribution is -0.133. The summed E-state index contributed by atoms with van der Waals surface area (Å²) in [7, 11) is 0. The van der Waals surface area contributed by atoms with Gasteiger partial charge in [0.15, 0.2) is 0 Å². The molecule has 5 nitrogen and oxygen atoms in total. The summed E-state index contributed by atoms with van der Waals surface area (Å²) in [5.41, 5.74) is -1.01. The first-order chi connectivity index (χ1) is 9.47. The molecule has 5 heteroatoms. The van der Waals surface area contributed by atoms with Crippen molar-refractivity contribution in [1.82, 2.24) is 10.6 Å². The standard InChI is InChI=1S/C15H27N3O2/c1-5-8-15(11-16,9-6-2)14(20)18-12(4)13(19)17-10-7-3/h12H,5-10H2,1-4H3,(H,17,19)(H,18,20). The van der Waals surface area contributed by atoms with Crippen LogP contribution in [0.3, 0.4) is 0 Å². The number of nitrogens with one attached hydrogen (secondary N) is 2. The molecule has 0 aliphatic heterocycles. The molecule has 20 heavy (non-hydrogen) atoms. The Morgan fingerprint density at radius 2 is 1.70 bits per heavy atom. The summed E-state index contributed by atoms with van der Waals surface area (Å²) in [5.74, 6) is -0.539. The maximum Gasteiger partial charge on any atom is 0.242 e. The Balaban J connectivity index is 4.76. The minimum absolute atomic E-state index is 0.208. The molecule has 0 aliphatic rings. The van der Waals surface area contributed by atoms with Crippen LogP contribution in [-0.2, 0) is 9.59 Å². The van der Waals surface area contributed by atoms with Crippen LogP contribution in [0.1, 0.15) is 59.8 Å². The molecule has 0 fully saturated rings. The first-order valence-electron chi connectivity index (χ1n) is 7.47. The molecule has 0 aromatic rings. The van der Waals surface area contributed by atoms with E-state index in [1.54, 1.807) is 6.92 Å². The van der Waals surface area contributed by atoms with Crippen molar-refractivity contribution >= 4 is 11.8 Å². The molecule has 1 unspecified atom stereocenters. The van der Waals surface area contributed by atoms with Crippen molar-refractivity contribution in [2.24, 2.45) is 5.41 Å². The van der Waals surface area contributed by atoms with E-state index in [2.05, 4.69) is 16.7 Å². The molecule has 0 aliphatic carbocycles. The van der Waals surface area contributed by atoms with E-state index >= 15 is 0 Å². The second-order valence-electron chi connectivity index (χ2n) is 5.18. The van der Waals surface area contributed by atoms with Gasteiger partial charge < -0.3 is 10.6 Å². The zero-order valence-corrected chi connectivity index (χ0v) is 13.1. The summed E-state index contributed by atoms with van der Waals surface area (Å²) in [5, 5.41) is 14.8. The Morgan fingerprint density at radius 3 is 2.10 bits per heavy atom. The molecule has 0 heterocycles. The minimum atomic E-state index is -1.01. The van der Waals surface area contributed by atoms with Crippen molar-refractivity contribution < 1.29 is 9.59 Å². The number of hydrogen-bond donors (Lipinski definition) is 2. The van der Waals surface area contributed by atoms with Gasteiger partial charge in [-0.05, 0) is 26.2 Å². The predicted octanol–water partition coefficient (Wildman–Crippen LogP) is 2.13. The quantitative estimate of drug-likeness (QED) is 0.679. The van der Waals surface area contributed by atoms with Crippen molar-refractivity contribution in [2.75, 3.05) is 6.54 Å². The van der Waals surface area contributed by atoms with E-state index in [1.165, 1.54) is 0 Å². The highest BCUT2D eigenvalue weighted by molar-refractivity contribution is 5.91. The average molecular weight is 281 g/mol. The van der Waals surface area contributed by atoms with Gasteiger partial charge in [-0.3, -0.25) is 9.59 Å². The Hall–Kier alpha value is -1.57. The SMILES string of the molecule is CCCNC(=O)C(C)NC(=O)C(C#N)(CCC)CCC. The summed E-state index contributed by atoms with van der Waals surface area (Å²) in [6.07, 6.45) is 3.41. The topological polar surface area (TPSA) is 82.0 Å². The molecular formula is C15H27N3O2. The van der Waals surface area contributed by atoms with E-state index in [9.17, 15) is 14.9 Å². The molecule has 0 rings (SSSR count). The van der Waals surface area contributed by atoms with Crippen molar-refractivity contribution in [3.63, 3.8) is 0 Å². The van der Waals surface area contributed by atoms with Crippen LogP contribution in [0.4, 0.5) is 0 Å². The number of carbonyl (C=O) groups is 2. The summed E-state index contributed by atoms with van der Waals surface area (Å²) in [4.78, 5) is 24.1. The second kappa shape index (κ2) is 9.35. The van der Waals surface area contributed by atoms with Gasteiger partial charge in [-0.1, -0.05) is 33.6 Å². The lowest BCUT2D eigenvalue weighted by atomic mass is 9.79. The van der Waals surface area contributed by atoms with Crippen molar-refractivity contribution in [3.05, 3.63) is 0 Å². The van der Waals surface area contributed by atoms with Gasteiger partial charge in [0.2, 0.25) is 11.8 Å². The molecule has 0 radical (unpaired) electrons. The van der Waals surface area contributed by atoms with Crippen LogP contribution in [0.25, 0.3) is 0 Å². The van der Waals surface area contributed by atoms with Gasteiger partial charge in [-0.2, -0.15) is 5.26 Å². The monoisotopic (exact) mass is 281 g/mol. The third kappa shape index (κ3) is 5.20. The summed E-state index contributed by atoms with van der Waals surface area (Å²) in [6, 6.07) is 1.55. The number of rotatable bonds is 9. The highest BCUT2D eigenvalue weighted by atomic mass is 16.2. The highest BCUT2D eigenvalue weighted by Crippen LogP contribution is 2.29. The zero-order chi connectivity index (χ0) is 15.6. The Kier molecular flexibility index (Phi) is 8.62. The van der Waals surface area contributed by atoms with Gasteiger partial charge in [-0.25, -0.2) is 0 Å². The lowest BCUT2D eigenvalue weighted by Crippen LogP contribution is -2.50. The number of carbonyl (C=O) groups excluding carboxylic acids is 2. The Labute approximate surface area is 122 Å². The van der Waals surface area contributed by atoms with Gasteiger partial charge in [0.25, 0.3) is 0 Å². The van der Waals surface area contributed by atoms with Crippen molar-refractivity contribution in [2.45, 2.75) is 65.8 Å². The third-order valence-electron chi connectivity index (χ3n) is 3.29. The fourth-order valence-corrected chi connectivity index (χ4v) is 2.17. The number of nitriles is 1. The van der Waals surface area contributed by atoms with Gasteiger partial charge in [0.05, 0.1) is 6.07 Å². The Bertz CT molecular complexity index is 355. The van der Waals surface area contributed by atoms with Crippen LogP contribution in [0.2, 0.25) is 0 Å². The van der Waals surface area contributed by atoms with Gasteiger partial charge >= 0.3 is 0 Å².